The molecule has 35 heavy (non-hydrogen) atoms. The molecule has 0 radical (unpaired) electrons. The van der Waals surface area contributed by atoms with Crippen LogP contribution in [0.1, 0.15) is 0 Å². The first kappa shape index (κ1) is 22.9. The molecule has 5 rings (SSSR count). The monoisotopic (exact) mass is 471 g/mol. The Morgan fingerprint density at radius 1 is 0.486 bits per heavy atom. The van der Waals surface area contributed by atoms with Gasteiger partial charge in [0.2, 0.25) is 0 Å². The molecule has 0 aromatic heterocycles. The van der Waals surface area contributed by atoms with E-state index in [-0.39, 0.29) is 0 Å². The smallest absolute Gasteiger partial charge is 0.423 e. The lowest BCUT2D eigenvalue weighted by Gasteiger charge is -2.34. The van der Waals surface area contributed by atoms with Crippen molar-refractivity contribution < 1.29 is 10.0 Å². The van der Waals surface area contributed by atoms with Crippen LogP contribution in [0, 0.1) is 0 Å². The van der Waals surface area contributed by atoms with Gasteiger partial charge >= 0.3 is 7.12 Å². The Morgan fingerprint density at radius 3 is 1.46 bits per heavy atom. The van der Waals surface area contributed by atoms with E-state index in [0.717, 1.165) is 5.69 Å². The average molecular weight is 471 g/mol. The van der Waals surface area contributed by atoms with E-state index in [1.165, 1.54) is 20.7 Å². The van der Waals surface area contributed by atoms with Crippen LogP contribution in [0.2, 0.25) is 0 Å². The van der Waals surface area contributed by atoms with Crippen LogP contribution in [-0.2, 0) is 0 Å². The Hall–Kier alpha value is -3.90. The minimum Gasteiger partial charge on any atom is -0.423 e. The van der Waals surface area contributed by atoms with Gasteiger partial charge in [-0.2, -0.15) is 0 Å². The van der Waals surface area contributed by atoms with Crippen molar-refractivity contribution in [3.05, 3.63) is 140 Å². The molecular formula is C30H26BNO2Si. The van der Waals surface area contributed by atoms with E-state index in [4.69, 9.17) is 0 Å². The van der Waals surface area contributed by atoms with Crippen molar-refractivity contribution >= 4 is 52.8 Å². The predicted molar refractivity (Wildman–Crippen MR) is 150 cm³/mol. The molecule has 0 aliphatic carbocycles. The number of hydrogen-bond acceptors (Lipinski definition) is 3. The van der Waals surface area contributed by atoms with Crippen molar-refractivity contribution in [3.8, 4) is 0 Å². The molecule has 0 heterocycles. The van der Waals surface area contributed by atoms with Gasteiger partial charge in [0.1, 0.15) is 0 Å². The normalized spacial score (nSPS) is 11.1. The van der Waals surface area contributed by atoms with Crippen LogP contribution >= 0.6 is 0 Å². The van der Waals surface area contributed by atoms with Crippen molar-refractivity contribution in [2.75, 3.05) is 5.32 Å². The van der Waals surface area contributed by atoms with Gasteiger partial charge in [-0.05, 0) is 38.9 Å². The highest BCUT2D eigenvalue weighted by molar-refractivity contribution is 7.19. The van der Waals surface area contributed by atoms with E-state index < -0.39 is 15.2 Å². The average Bonchev–Trinajstić information content (AvgIpc) is 2.92. The maximum absolute atomic E-state index is 9.83. The highest BCUT2D eigenvalue weighted by Crippen LogP contribution is 2.17. The summed E-state index contributed by atoms with van der Waals surface area (Å²) in [6.45, 7) is 0. The van der Waals surface area contributed by atoms with E-state index in [2.05, 4.69) is 115 Å². The third-order valence-electron chi connectivity index (χ3n) is 6.43. The minimum absolute atomic E-state index is 0.440. The fourth-order valence-electron chi connectivity index (χ4n) is 4.89. The summed E-state index contributed by atoms with van der Waals surface area (Å²) < 4.78 is 0. The number of benzene rings is 5. The van der Waals surface area contributed by atoms with Crippen LogP contribution in [0.3, 0.4) is 0 Å². The first-order valence-corrected chi connectivity index (χ1v) is 13.7. The Bertz CT molecular complexity index is 1300. The van der Waals surface area contributed by atoms with Gasteiger partial charge in [0.25, 0.3) is 0 Å². The first-order chi connectivity index (χ1) is 17.2. The van der Waals surface area contributed by atoms with Crippen molar-refractivity contribution in [2.45, 2.75) is 0 Å². The third-order valence-corrected chi connectivity index (χ3v) is 11.2. The topological polar surface area (TPSA) is 52.5 Å². The van der Waals surface area contributed by atoms with E-state index in [0.29, 0.717) is 11.2 Å². The molecule has 170 valence electrons. The summed E-state index contributed by atoms with van der Waals surface area (Å²) in [5.41, 5.74) is 2.01. The van der Waals surface area contributed by atoms with E-state index in [1.807, 2.05) is 18.2 Å². The number of hydrogen-bond donors (Lipinski definition) is 3. The summed E-state index contributed by atoms with van der Waals surface area (Å²) in [7, 11) is -4.17. The number of anilines is 2. The van der Waals surface area contributed by atoms with Crippen LogP contribution in [-0.4, -0.2) is 25.2 Å². The molecule has 0 spiro atoms. The lowest BCUT2D eigenvalue weighted by atomic mass is 9.79. The molecule has 5 heteroatoms. The molecule has 0 saturated carbocycles. The Morgan fingerprint density at radius 2 is 0.943 bits per heavy atom. The Labute approximate surface area is 207 Å². The molecular weight excluding hydrogens is 445 g/mol. The van der Waals surface area contributed by atoms with Crippen molar-refractivity contribution in [1.82, 2.24) is 0 Å². The molecule has 3 N–H and O–H groups in total. The Balaban J connectivity index is 1.73. The van der Waals surface area contributed by atoms with Crippen LogP contribution in [0.5, 0.6) is 0 Å². The zero-order valence-electron chi connectivity index (χ0n) is 19.3. The lowest BCUT2D eigenvalue weighted by Crippen LogP contribution is -2.74. The number of para-hydroxylation sites is 1. The zero-order valence-corrected chi connectivity index (χ0v) is 20.3. The van der Waals surface area contributed by atoms with E-state index in [9.17, 15) is 10.0 Å². The zero-order chi connectivity index (χ0) is 24.1. The summed E-state index contributed by atoms with van der Waals surface area (Å²) in [6.07, 6.45) is 0. The van der Waals surface area contributed by atoms with Crippen molar-refractivity contribution in [3.63, 3.8) is 0 Å². The van der Waals surface area contributed by atoms with Crippen LogP contribution < -0.4 is 31.5 Å². The quantitative estimate of drug-likeness (QED) is 0.253. The highest BCUT2D eigenvalue weighted by atomic mass is 28.3. The molecule has 3 nitrogen and oxygen atoms in total. The van der Waals surface area contributed by atoms with Gasteiger partial charge in [-0.1, -0.05) is 121 Å². The SMILES string of the molecule is OB(O)c1ccccc1Nc1cccc([Si](c2ccccc2)(c2ccccc2)c2ccccc2)c1. The van der Waals surface area contributed by atoms with Crippen molar-refractivity contribution in [1.29, 1.82) is 0 Å². The predicted octanol–water partition coefficient (Wildman–Crippen LogP) is 2.49. The number of rotatable bonds is 7. The first-order valence-electron chi connectivity index (χ1n) is 11.7. The summed E-state index contributed by atoms with van der Waals surface area (Å²) in [4.78, 5) is 0. The fourth-order valence-corrected chi connectivity index (χ4v) is 9.68. The molecule has 0 aliphatic heterocycles. The molecule has 0 bridgehead atoms. The van der Waals surface area contributed by atoms with Crippen LogP contribution in [0.25, 0.3) is 0 Å². The third kappa shape index (κ3) is 4.45. The molecule has 0 fully saturated rings. The van der Waals surface area contributed by atoms with E-state index >= 15 is 0 Å². The maximum atomic E-state index is 9.83. The van der Waals surface area contributed by atoms with Crippen molar-refractivity contribution in [2.24, 2.45) is 0 Å². The maximum Gasteiger partial charge on any atom is 0.490 e. The summed E-state index contributed by atoms with van der Waals surface area (Å²) in [5, 5.41) is 28.3. The molecule has 0 aliphatic rings. The Kier molecular flexibility index (Phi) is 6.64. The fraction of sp³-hybridized carbons (Fsp3) is 0. The molecule has 0 saturated heterocycles. The van der Waals surface area contributed by atoms with E-state index in [1.54, 1.807) is 12.1 Å². The second-order valence-electron chi connectivity index (χ2n) is 8.51. The van der Waals surface area contributed by atoms with Gasteiger partial charge in [0, 0.05) is 16.8 Å². The summed E-state index contributed by atoms with van der Waals surface area (Å²) in [5.74, 6) is 0. The molecule has 5 aromatic carbocycles. The van der Waals surface area contributed by atoms with Gasteiger partial charge in [0.05, 0.1) is 0 Å². The van der Waals surface area contributed by atoms with Crippen LogP contribution in [0.4, 0.5) is 11.4 Å². The van der Waals surface area contributed by atoms with Gasteiger partial charge < -0.3 is 15.4 Å². The van der Waals surface area contributed by atoms with Gasteiger partial charge in [-0.3, -0.25) is 0 Å². The molecule has 0 amide bonds. The molecule has 5 aromatic rings. The van der Waals surface area contributed by atoms with Gasteiger partial charge in [0.15, 0.2) is 8.07 Å². The second-order valence-corrected chi connectivity index (χ2v) is 12.3. The molecule has 0 unspecified atom stereocenters. The lowest BCUT2D eigenvalue weighted by molar-refractivity contribution is 0.426. The standard InChI is InChI=1S/C30H26BNO2Si/c33-31(34)29-21-10-11-22-30(29)32-24-13-12-20-28(23-24)35(25-14-4-1-5-15-25,26-16-6-2-7-17-26)27-18-8-3-9-19-27/h1-23,32-34H. The van der Waals surface area contributed by atoms with Gasteiger partial charge in [-0.15, -0.1) is 0 Å². The molecule has 0 atom stereocenters. The highest BCUT2D eigenvalue weighted by Gasteiger charge is 2.41. The largest absolute Gasteiger partial charge is 0.490 e. The summed E-state index contributed by atoms with van der Waals surface area (Å²) in [6, 6.07) is 48.1. The summed E-state index contributed by atoms with van der Waals surface area (Å²) >= 11 is 0. The van der Waals surface area contributed by atoms with Crippen LogP contribution in [0.15, 0.2) is 140 Å². The minimum atomic E-state index is -2.62. The second kappa shape index (κ2) is 10.2. The van der Waals surface area contributed by atoms with Gasteiger partial charge in [-0.25, -0.2) is 0 Å². The number of nitrogens with one attached hydrogen (secondary N) is 1.